The van der Waals surface area contributed by atoms with Crippen LogP contribution in [0.2, 0.25) is 0 Å². The standard InChI is InChI=1S/C27H30ClFN2O2S/c1-4-20(3)31(27(33)26(28)22-8-6-5-7-9-22)18-25(32)30(17-24-19(2)14-15-34-24)16-21-10-12-23(29)13-11-21/h5-15,20,26H,4,16-18H2,1-3H3. The average Bonchev–Trinajstić information content (AvgIpc) is 3.26. The summed E-state index contributed by atoms with van der Waals surface area (Å²) in [6.45, 7) is 6.59. The Hall–Kier alpha value is -2.70. The molecule has 1 aromatic heterocycles. The lowest BCUT2D eigenvalue weighted by atomic mass is 10.1. The largest absolute Gasteiger partial charge is 0.332 e. The van der Waals surface area contributed by atoms with Crippen LogP contribution in [0, 0.1) is 12.7 Å². The van der Waals surface area contributed by atoms with Gasteiger partial charge in [-0.05, 0) is 60.5 Å². The molecule has 4 nitrogen and oxygen atoms in total. The van der Waals surface area contributed by atoms with Crippen LogP contribution in [0.3, 0.4) is 0 Å². The third kappa shape index (κ3) is 6.67. The van der Waals surface area contributed by atoms with Crippen molar-refractivity contribution in [1.82, 2.24) is 9.80 Å². The SMILES string of the molecule is CCC(C)N(CC(=O)N(Cc1ccc(F)cc1)Cc1sccc1C)C(=O)C(Cl)c1ccccc1. The predicted molar refractivity (Wildman–Crippen MR) is 136 cm³/mol. The van der Waals surface area contributed by atoms with Gasteiger partial charge in [0, 0.05) is 17.5 Å². The molecular formula is C27H30ClFN2O2S. The normalized spacial score (nSPS) is 12.7. The Morgan fingerprint density at radius 1 is 1.03 bits per heavy atom. The fourth-order valence-corrected chi connectivity index (χ4v) is 4.80. The fourth-order valence-electron chi connectivity index (χ4n) is 3.61. The van der Waals surface area contributed by atoms with Crippen LogP contribution in [0.1, 0.15) is 47.2 Å². The van der Waals surface area contributed by atoms with Crippen LogP contribution in [0.15, 0.2) is 66.0 Å². The minimum absolute atomic E-state index is 0.0739. The lowest BCUT2D eigenvalue weighted by Gasteiger charge is -2.32. The number of thiophene rings is 1. The van der Waals surface area contributed by atoms with E-state index >= 15 is 0 Å². The molecule has 0 saturated carbocycles. The van der Waals surface area contributed by atoms with E-state index in [-0.39, 0.29) is 30.2 Å². The molecule has 3 rings (SSSR count). The van der Waals surface area contributed by atoms with Crippen molar-refractivity contribution >= 4 is 34.8 Å². The Labute approximate surface area is 210 Å². The van der Waals surface area contributed by atoms with E-state index in [2.05, 4.69) is 0 Å². The molecule has 0 fully saturated rings. The number of carbonyl (C=O) groups is 2. The summed E-state index contributed by atoms with van der Waals surface area (Å²) in [6.07, 6.45) is 0.694. The van der Waals surface area contributed by atoms with Crippen molar-refractivity contribution in [2.24, 2.45) is 0 Å². The fraction of sp³-hybridized carbons (Fsp3) is 0.333. The molecule has 2 amide bonds. The van der Waals surface area contributed by atoms with Crippen molar-refractivity contribution in [3.05, 3.63) is 93.4 Å². The molecule has 2 atom stereocenters. The topological polar surface area (TPSA) is 40.6 Å². The molecule has 2 unspecified atom stereocenters. The van der Waals surface area contributed by atoms with Gasteiger partial charge in [0.1, 0.15) is 17.7 Å². The molecule has 1 heterocycles. The monoisotopic (exact) mass is 500 g/mol. The second-order valence-electron chi connectivity index (χ2n) is 8.40. The summed E-state index contributed by atoms with van der Waals surface area (Å²) in [4.78, 5) is 31.3. The van der Waals surface area contributed by atoms with E-state index < -0.39 is 5.38 Å². The number of rotatable bonds is 10. The molecule has 2 aromatic carbocycles. The number of hydrogen-bond acceptors (Lipinski definition) is 3. The Bertz CT molecular complexity index is 1090. The molecule has 34 heavy (non-hydrogen) atoms. The average molecular weight is 501 g/mol. The second-order valence-corrected chi connectivity index (χ2v) is 9.84. The van der Waals surface area contributed by atoms with Crippen LogP contribution < -0.4 is 0 Å². The van der Waals surface area contributed by atoms with Crippen LogP contribution in [-0.4, -0.2) is 34.2 Å². The van der Waals surface area contributed by atoms with Crippen LogP contribution >= 0.6 is 22.9 Å². The van der Waals surface area contributed by atoms with Crippen LogP contribution in [-0.2, 0) is 22.7 Å². The summed E-state index contributed by atoms with van der Waals surface area (Å²) in [5.41, 5.74) is 2.64. The minimum atomic E-state index is -0.868. The van der Waals surface area contributed by atoms with Crippen LogP contribution in [0.5, 0.6) is 0 Å². The number of halogens is 2. The van der Waals surface area contributed by atoms with Gasteiger partial charge in [-0.2, -0.15) is 0 Å². The molecule has 0 aliphatic rings. The summed E-state index contributed by atoms with van der Waals surface area (Å²) >= 11 is 8.14. The lowest BCUT2D eigenvalue weighted by molar-refractivity contribution is -0.142. The maximum atomic E-state index is 13.6. The van der Waals surface area contributed by atoms with E-state index in [1.807, 2.05) is 62.5 Å². The third-order valence-electron chi connectivity index (χ3n) is 5.96. The Kier molecular flexibility index (Phi) is 9.25. The highest BCUT2D eigenvalue weighted by Crippen LogP contribution is 2.25. The van der Waals surface area contributed by atoms with Crippen LogP contribution in [0.4, 0.5) is 4.39 Å². The lowest BCUT2D eigenvalue weighted by Crippen LogP contribution is -2.47. The Morgan fingerprint density at radius 3 is 2.29 bits per heavy atom. The second kappa shape index (κ2) is 12.1. The minimum Gasteiger partial charge on any atom is -0.332 e. The van der Waals surface area contributed by atoms with Crippen molar-refractivity contribution in [2.75, 3.05) is 6.54 Å². The summed E-state index contributed by atoms with van der Waals surface area (Å²) in [6, 6.07) is 17.2. The highest BCUT2D eigenvalue weighted by molar-refractivity contribution is 7.10. The van der Waals surface area contributed by atoms with Gasteiger partial charge in [0.05, 0.1) is 6.54 Å². The maximum absolute atomic E-state index is 13.6. The summed E-state index contributed by atoms with van der Waals surface area (Å²) in [5, 5.41) is 1.13. The molecule has 0 aliphatic carbocycles. The first-order chi connectivity index (χ1) is 16.3. The molecule has 0 radical (unpaired) electrons. The zero-order valence-electron chi connectivity index (χ0n) is 19.7. The molecule has 0 N–H and O–H groups in total. The van der Waals surface area contributed by atoms with Crippen LogP contribution in [0.25, 0.3) is 0 Å². The number of alkyl halides is 1. The van der Waals surface area contributed by atoms with Gasteiger partial charge in [-0.15, -0.1) is 22.9 Å². The number of carbonyl (C=O) groups excluding carboxylic acids is 2. The summed E-state index contributed by atoms with van der Waals surface area (Å²) in [7, 11) is 0. The van der Waals surface area contributed by atoms with Crippen molar-refractivity contribution in [3.8, 4) is 0 Å². The van der Waals surface area contributed by atoms with Gasteiger partial charge in [0.2, 0.25) is 11.8 Å². The molecule has 0 bridgehead atoms. The molecule has 0 aliphatic heterocycles. The highest BCUT2D eigenvalue weighted by atomic mass is 35.5. The molecule has 0 saturated heterocycles. The molecule has 0 spiro atoms. The number of amides is 2. The third-order valence-corrected chi connectivity index (χ3v) is 7.41. The number of hydrogen-bond donors (Lipinski definition) is 0. The van der Waals surface area contributed by atoms with E-state index in [0.717, 1.165) is 16.0 Å². The van der Waals surface area contributed by atoms with Crippen molar-refractivity contribution in [3.63, 3.8) is 0 Å². The molecular weight excluding hydrogens is 471 g/mol. The van der Waals surface area contributed by atoms with Crippen molar-refractivity contribution < 1.29 is 14.0 Å². The first kappa shape index (κ1) is 25.9. The number of aryl methyl sites for hydroxylation is 1. The highest BCUT2D eigenvalue weighted by Gasteiger charge is 2.30. The Morgan fingerprint density at radius 2 is 1.71 bits per heavy atom. The molecule has 7 heteroatoms. The van der Waals surface area contributed by atoms with Gasteiger partial charge in [-0.25, -0.2) is 4.39 Å². The number of nitrogens with zero attached hydrogens (tertiary/aromatic N) is 2. The van der Waals surface area contributed by atoms with E-state index in [1.54, 1.807) is 33.3 Å². The first-order valence-electron chi connectivity index (χ1n) is 11.3. The summed E-state index contributed by atoms with van der Waals surface area (Å²) in [5.74, 6) is -0.786. The zero-order chi connectivity index (χ0) is 24.7. The first-order valence-corrected chi connectivity index (χ1v) is 12.7. The van der Waals surface area contributed by atoms with Gasteiger partial charge in [0.25, 0.3) is 0 Å². The summed E-state index contributed by atoms with van der Waals surface area (Å²) < 4.78 is 13.4. The zero-order valence-corrected chi connectivity index (χ0v) is 21.3. The number of benzene rings is 2. The smallest absolute Gasteiger partial charge is 0.245 e. The van der Waals surface area contributed by atoms with E-state index in [4.69, 9.17) is 11.6 Å². The van der Waals surface area contributed by atoms with Gasteiger partial charge in [0.15, 0.2) is 0 Å². The van der Waals surface area contributed by atoms with Gasteiger partial charge in [-0.3, -0.25) is 9.59 Å². The quantitative estimate of drug-likeness (QED) is 0.305. The van der Waals surface area contributed by atoms with E-state index in [9.17, 15) is 14.0 Å². The predicted octanol–water partition coefficient (Wildman–Crippen LogP) is 6.33. The van der Waals surface area contributed by atoms with Crippen molar-refractivity contribution in [2.45, 2.75) is 51.7 Å². The maximum Gasteiger partial charge on any atom is 0.245 e. The van der Waals surface area contributed by atoms with Gasteiger partial charge < -0.3 is 9.80 Å². The van der Waals surface area contributed by atoms with Crippen molar-refractivity contribution in [1.29, 1.82) is 0 Å². The Balaban J connectivity index is 1.83. The van der Waals surface area contributed by atoms with Gasteiger partial charge in [-0.1, -0.05) is 49.4 Å². The molecule has 3 aromatic rings. The van der Waals surface area contributed by atoms with E-state index in [1.165, 1.54) is 12.1 Å². The van der Waals surface area contributed by atoms with Gasteiger partial charge >= 0.3 is 0 Å². The molecule has 180 valence electrons. The van der Waals surface area contributed by atoms with E-state index in [0.29, 0.717) is 25.1 Å².